The number of hydrogen-bond donors (Lipinski definition) is 0. The van der Waals surface area contributed by atoms with Crippen molar-refractivity contribution in [2.24, 2.45) is 0 Å². The molecule has 0 N–H and O–H groups in total. The van der Waals surface area contributed by atoms with Crippen molar-refractivity contribution in [2.45, 2.75) is 38.9 Å². The van der Waals surface area contributed by atoms with Gasteiger partial charge in [0, 0.05) is 5.02 Å². The van der Waals surface area contributed by atoms with Crippen molar-refractivity contribution in [3.63, 3.8) is 0 Å². The molecule has 0 aliphatic rings. The molecule has 0 heterocycles. The van der Waals surface area contributed by atoms with Gasteiger partial charge in [-0.1, -0.05) is 74.4 Å². The first kappa shape index (κ1) is 13.5. The highest BCUT2D eigenvalue weighted by Gasteiger charge is 2.22. The minimum Gasteiger partial charge on any atom is -0.0936 e. The van der Waals surface area contributed by atoms with Gasteiger partial charge in [-0.15, -0.1) is 0 Å². The second-order valence-electron chi connectivity index (χ2n) is 4.31. The van der Waals surface area contributed by atoms with Crippen LogP contribution >= 0.6 is 11.6 Å². The zero-order valence-electron chi connectivity index (χ0n) is 10.5. The first-order valence-electron chi connectivity index (χ1n) is 6.10. The molecule has 0 bridgehead atoms. The monoisotopic (exact) mass is 252 g/mol. The molecule has 0 saturated heterocycles. The largest absolute Gasteiger partial charge is 0.0936 e. The Balaban J connectivity index is 2.82. The Bertz CT molecular complexity index is 328. The average molecular weight is 253 g/mol. The van der Waals surface area contributed by atoms with Gasteiger partial charge in [-0.2, -0.15) is 0 Å². The molecular formula is C14H21ClSi. The Kier molecular flexibility index (Phi) is 5.30. The summed E-state index contributed by atoms with van der Waals surface area (Å²) >= 11 is 5.87. The molecule has 0 amide bonds. The van der Waals surface area contributed by atoms with Crippen LogP contribution in [0.4, 0.5) is 0 Å². The molecule has 0 saturated carbocycles. The predicted octanol–water partition coefficient (Wildman–Crippen LogP) is 5.40. The van der Waals surface area contributed by atoms with Crippen LogP contribution in [0.5, 0.6) is 0 Å². The Morgan fingerprint density at radius 2 is 1.50 bits per heavy atom. The zero-order chi connectivity index (χ0) is 12.0. The molecule has 88 valence electrons. The highest BCUT2D eigenvalue weighted by atomic mass is 35.5. The summed E-state index contributed by atoms with van der Waals surface area (Å²) in [6.45, 7) is 6.97. The molecule has 0 aromatic heterocycles. The standard InChI is InChI=1S/C14H21ClSi/c1-4-16(5-2,6-3)12-11-13-7-9-14(15)10-8-13/h7-12H,4-6H2,1-3H3/b12-11-. The lowest BCUT2D eigenvalue weighted by Gasteiger charge is -2.23. The van der Waals surface area contributed by atoms with Gasteiger partial charge < -0.3 is 0 Å². The highest BCUT2D eigenvalue weighted by Crippen LogP contribution is 2.23. The molecule has 0 spiro atoms. The minimum absolute atomic E-state index is 0.808. The second-order valence-corrected chi connectivity index (χ2v) is 9.92. The van der Waals surface area contributed by atoms with E-state index in [1.54, 1.807) is 0 Å². The SMILES string of the molecule is CC[Si](/C=C\c1ccc(Cl)cc1)(CC)CC. The van der Waals surface area contributed by atoms with Crippen LogP contribution in [0.2, 0.25) is 23.2 Å². The smallest absolute Gasteiger partial charge is 0.0770 e. The molecule has 1 aromatic carbocycles. The van der Waals surface area contributed by atoms with E-state index in [2.05, 4.69) is 44.7 Å². The first-order chi connectivity index (χ1) is 7.65. The Morgan fingerprint density at radius 1 is 1.00 bits per heavy atom. The van der Waals surface area contributed by atoms with Crippen molar-refractivity contribution in [3.05, 3.63) is 40.6 Å². The lowest BCUT2D eigenvalue weighted by atomic mass is 10.2. The molecule has 0 nitrogen and oxygen atoms in total. The quantitative estimate of drug-likeness (QED) is 0.616. The molecular weight excluding hydrogens is 232 g/mol. The molecule has 1 rings (SSSR count). The Labute approximate surface area is 105 Å². The Hall–Kier alpha value is -0.533. The third-order valence-electron chi connectivity index (χ3n) is 3.61. The van der Waals surface area contributed by atoms with E-state index in [0.29, 0.717) is 0 Å². The fraction of sp³-hybridized carbons (Fsp3) is 0.429. The third kappa shape index (κ3) is 3.50. The molecule has 0 aliphatic heterocycles. The fourth-order valence-corrected chi connectivity index (χ4v) is 4.83. The molecule has 0 radical (unpaired) electrons. The van der Waals surface area contributed by atoms with E-state index in [-0.39, 0.29) is 0 Å². The van der Waals surface area contributed by atoms with Crippen molar-refractivity contribution < 1.29 is 0 Å². The van der Waals surface area contributed by atoms with Gasteiger partial charge in [0.1, 0.15) is 0 Å². The van der Waals surface area contributed by atoms with Crippen molar-refractivity contribution in [1.29, 1.82) is 0 Å². The average Bonchev–Trinajstić information content (AvgIpc) is 2.34. The minimum atomic E-state index is -1.13. The van der Waals surface area contributed by atoms with E-state index in [4.69, 9.17) is 11.6 Å². The van der Waals surface area contributed by atoms with E-state index in [1.807, 2.05) is 12.1 Å². The summed E-state index contributed by atoms with van der Waals surface area (Å²) in [6, 6.07) is 12.1. The topological polar surface area (TPSA) is 0 Å². The van der Waals surface area contributed by atoms with Gasteiger partial charge in [0.25, 0.3) is 0 Å². The normalized spacial score (nSPS) is 12.2. The molecule has 0 atom stereocenters. The maximum Gasteiger partial charge on any atom is 0.0770 e. The van der Waals surface area contributed by atoms with E-state index < -0.39 is 8.07 Å². The predicted molar refractivity (Wildman–Crippen MR) is 77.7 cm³/mol. The maximum absolute atomic E-state index is 5.87. The summed E-state index contributed by atoms with van der Waals surface area (Å²) in [6.07, 6.45) is 2.28. The third-order valence-corrected chi connectivity index (χ3v) is 8.96. The van der Waals surface area contributed by atoms with Gasteiger partial charge in [-0.05, 0) is 17.7 Å². The van der Waals surface area contributed by atoms with Crippen LogP contribution in [0.1, 0.15) is 26.3 Å². The van der Waals surface area contributed by atoms with Crippen molar-refractivity contribution in [2.75, 3.05) is 0 Å². The maximum atomic E-state index is 5.87. The summed E-state index contributed by atoms with van der Waals surface area (Å²) in [5.74, 6) is 0. The highest BCUT2D eigenvalue weighted by molar-refractivity contribution is 6.84. The van der Waals surface area contributed by atoms with Crippen LogP contribution in [-0.4, -0.2) is 8.07 Å². The van der Waals surface area contributed by atoms with Crippen LogP contribution in [0.15, 0.2) is 30.0 Å². The summed E-state index contributed by atoms with van der Waals surface area (Å²) < 4.78 is 0. The lowest BCUT2D eigenvalue weighted by molar-refractivity contribution is 1.20. The first-order valence-corrected chi connectivity index (χ1v) is 9.18. The number of halogens is 1. The van der Waals surface area contributed by atoms with Crippen molar-refractivity contribution >= 4 is 25.8 Å². The Morgan fingerprint density at radius 3 is 1.94 bits per heavy atom. The van der Waals surface area contributed by atoms with E-state index in [9.17, 15) is 0 Å². The number of hydrogen-bond acceptors (Lipinski definition) is 0. The van der Waals surface area contributed by atoms with Gasteiger partial charge >= 0.3 is 0 Å². The van der Waals surface area contributed by atoms with Crippen LogP contribution in [-0.2, 0) is 0 Å². The van der Waals surface area contributed by atoms with E-state index in [1.165, 1.54) is 23.7 Å². The zero-order valence-corrected chi connectivity index (χ0v) is 12.2. The summed E-state index contributed by atoms with van der Waals surface area (Å²) in [5.41, 5.74) is 3.76. The van der Waals surface area contributed by atoms with Gasteiger partial charge in [0.2, 0.25) is 0 Å². The number of rotatable bonds is 5. The van der Waals surface area contributed by atoms with Crippen LogP contribution in [0.25, 0.3) is 6.08 Å². The van der Waals surface area contributed by atoms with Gasteiger partial charge in [-0.3, -0.25) is 0 Å². The lowest BCUT2D eigenvalue weighted by Crippen LogP contribution is -2.28. The van der Waals surface area contributed by atoms with Crippen molar-refractivity contribution in [3.8, 4) is 0 Å². The molecule has 1 aromatic rings. The molecule has 0 aliphatic carbocycles. The summed E-state index contributed by atoms with van der Waals surface area (Å²) in [4.78, 5) is 0. The van der Waals surface area contributed by atoms with Gasteiger partial charge in [-0.25, -0.2) is 0 Å². The van der Waals surface area contributed by atoms with Crippen LogP contribution in [0, 0.1) is 0 Å². The number of benzene rings is 1. The fourth-order valence-electron chi connectivity index (χ4n) is 1.95. The van der Waals surface area contributed by atoms with E-state index in [0.717, 1.165) is 5.02 Å². The summed E-state index contributed by atoms with van der Waals surface area (Å²) in [7, 11) is -1.13. The van der Waals surface area contributed by atoms with Crippen LogP contribution in [0.3, 0.4) is 0 Å². The summed E-state index contributed by atoms with van der Waals surface area (Å²) in [5, 5.41) is 0.808. The van der Waals surface area contributed by atoms with Crippen molar-refractivity contribution in [1.82, 2.24) is 0 Å². The second kappa shape index (κ2) is 6.26. The molecule has 16 heavy (non-hydrogen) atoms. The molecule has 0 unspecified atom stereocenters. The molecule has 0 fully saturated rings. The van der Waals surface area contributed by atoms with Crippen LogP contribution < -0.4 is 0 Å². The molecule has 2 heteroatoms. The van der Waals surface area contributed by atoms with E-state index >= 15 is 0 Å². The van der Waals surface area contributed by atoms with Gasteiger partial charge in [0.05, 0.1) is 8.07 Å². The van der Waals surface area contributed by atoms with Gasteiger partial charge in [0.15, 0.2) is 0 Å².